The number of hydrogen-bond acceptors (Lipinski definition) is 7. The van der Waals surface area contributed by atoms with Crippen molar-refractivity contribution in [2.75, 3.05) is 19.7 Å². The minimum Gasteiger partial charge on any atom is -0.469 e. The summed E-state index contributed by atoms with van der Waals surface area (Å²) in [6.45, 7) is 3.76. The topological polar surface area (TPSA) is 102 Å². The Hall–Kier alpha value is -2.68. The van der Waals surface area contributed by atoms with Crippen molar-refractivity contribution >= 4 is 11.6 Å². The van der Waals surface area contributed by atoms with Crippen molar-refractivity contribution < 1.29 is 14.0 Å². The first-order valence-corrected chi connectivity index (χ1v) is 9.26. The van der Waals surface area contributed by atoms with Crippen molar-refractivity contribution in [1.82, 2.24) is 20.4 Å². The van der Waals surface area contributed by atoms with Gasteiger partial charge in [-0.15, -0.1) is 0 Å². The summed E-state index contributed by atoms with van der Waals surface area (Å²) in [4.78, 5) is 18.2. The zero-order valence-corrected chi connectivity index (χ0v) is 15.9. The quantitative estimate of drug-likeness (QED) is 0.691. The molecule has 2 N–H and O–H groups in total. The third-order valence-electron chi connectivity index (χ3n) is 4.51. The second-order valence-electron chi connectivity index (χ2n) is 6.46. The number of aromatic amines is 1. The summed E-state index contributed by atoms with van der Waals surface area (Å²) in [6.07, 6.45) is 0.910. The van der Waals surface area contributed by atoms with Crippen molar-refractivity contribution in [1.29, 1.82) is 0 Å². The molecule has 0 saturated carbocycles. The van der Waals surface area contributed by atoms with Crippen molar-refractivity contribution in [2.45, 2.75) is 19.1 Å². The molecule has 0 radical (unpaired) electrons. The summed E-state index contributed by atoms with van der Waals surface area (Å²) in [5.74, 6) is -0.0606. The third kappa shape index (κ3) is 3.94. The Labute approximate surface area is 165 Å². The van der Waals surface area contributed by atoms with Crippen molar-refractivity contribution in [3.8, 4) is 17.3 Å². The molecule has 2 aromatic heterocycles. The standard InChI is InChI=1S/C19H19ClN4O4/c1-11-4-5-12(9-14(11)20)16-15(10-21-7-8-26-16)27-18-13(3-2-6-22-18)17-23-19(25)28-24-17/h2-6,9,15-16,21H,7-8,10H2,1H3,(H,23,24,25). The number of nitrogens with one attached hydrogen (secondary N) is 2. The zero-order chi connectivity index (χ0) is 19.5. The summed E-state index contributed by atoms with van der Waals surface area (Å²) in [6, 6.07) is 9.33. The van der Waals surface area contributed by atoms with Crippen LogP contribution in [0, 0.1) is 6.92 Å². The van der Waals surface area contributed by atoms with Gasteiger partial charge >= 0.3 is 5.76 Å². The van der Waals surface area contributed by atoms with Gasteiger partial charge in [0.1, 0.15) is 12.2 Å². The van der Waals surface area contributed by atoms with Gasteiger partial charge in [0.05, 0.1) is 12.2 Å². The minimum atomic E-state index is -0.642. The van der Waals surface area contributed by atoms with Crippen LogP contribution < -0.4 is 15.8 Å². The molecule has 0 amide bonds. The number of hydrogen-bond donors (Lipinski definition) is 2. The van der Waals surface area contributed by atoms with E-state index in [1.807, 2.05) is 25.1 Å². The van der Waals surface area contributed by atoms with E-state index in [2.05, 4.69) is 25.0 Å². The molecule has 8 nitrogen and oxygen atoms in total. The van der Waals surface area contributed by atoms with Gasteiger partial charge in [0.2, 0.25) is 5.88 Å². The van der Waals surface area contributed by atoms with Crippen LogP contribution in [0.25, 0.3) is 11.4 Å². The summed E-state index contributed by atoms with van der Waals surface area (Å²) >= 11 is 6.31. The maximum absolute atomic E-state index is 11.3. The predicted octanol–water partition coefficient (Wildman–Crippen LogP) is 2.50. The highest BCUT2D eigenvalue weighted by atomic mass is 35.5. The molecule has 146 valence electrons. The molecular weight excluding hydrogens is 384 g/mol. The van der Waals surface area contributed by atoms with Gasteiger partial charge in [-0.25, -0.2) is 9.78 Å². The largest absolute Gasteiger partial charge is 0.469 e. The smallest absolute Gasteiger partial charge is 0.439 e. The summed E-state index contributed by atoms with van der Waals surface area (Å²) < 4.78 is 16.9. The molecule has 1 aliphatic rings. The maximum Gasteiger partial charge on any atom is 0.439 e. The van der Waals surface area contributed by atoms with E-state index >= 15 is 0 Å². The molecule has 0 spiro atoms. The van der Waals surface area contributed by atoms with Crippen LogP contribution in [0.2, 0.25) is 5.02 Å². The molecule has 0 bridgehead atoms. The molecular formula is C19H19ClN4O4. The fourth-order valence-electron chi connectivity index (χ4n) is 3.07. The predicted molar refractivity (Wildman–Crippen MR) is 103 cm³/mol. The highest BCUT2D eigenvalue weighted by Crippen LogP contribution is 2.31. The van der Waals surface area contributed by atoms with Crippen molar-refractivity contribution in [3.63, 3.8) is 0 Å². The minimum absolute atomic E-state index is 0.255. The van der Waals surface area contributed by atoms with Gasteiger partial charge in [0, 0.05) is 24.3 Å². The Morgan fingerprint density at radius 1 is 1.32 bits per heavy atom. The number of aromatic nitrogens is 3. The summed E-state index contributed by atoms with van der Waals surface area (Å²) in [5, 5.41) is 7.71. The van der Waals surface area contributed by atoms with Gasteiger partial charge in [-0.2, -0.15) is 0 Å². The zero-order valence-electron chi connectivity index (χ0n) is 15.1. The lowest BCUT2D eigenvalue weighted by molar-refractivity contribution is -0.00981. The third-order valence-corrected chi connectivity index (χ3v) is 4.92. The first-order valence-electron chi connectivity index (χ1n) is 8.88. The van der Waals surface area contributed by atoms with Gasteiger partial charge < -0.3 is 14.8 Å². The number of ether oxygens (including phenoxy) is 2. The van der Waals surface area contributed by atoms with Gasteiger partial charge in [0.15, 0.2) is 5.82 Å². The van der Waals surface area contributed by atoms with Crippen LogP contribution >= 0.6 is 11.6 Å². The summed E-state index contributed by atoms with van der Waals surface area (Å²) in [5.41, 5.74) is 2.45. The summed E-state index contributed by atoms with van der Waals surface area (Å²) in [7, 11) is 0. The number of rotatable bonds is 4. The van der Waals surface area contributed by atoms with E-state index in [-0.39, 0.29) is 18.0 Å². The molecule has 28 heavy (non-hydrogen) atoms. The number of halogens is 1. The van der Waals surface area contributed by atoms with Gasteiger partial charge in [-0.1, -0.05) is 28.9 Å². The number of pyridine rings is 1. The molecule has 4 rings (SSSR count). The lowest BCUT2D eigenvalue weighted by Gasteiger charge is -2.26. The number of aryl methyl sites for hydroxylation is 1. The Balaban J connectivity index is 1.66. The lowest BCUT2D eigenvalue weighted by Crippen LogP contribution is -2.34. The molecule has 1 fully saturated rings. The van der Waals surface area contributed by atoms with E-state index in [0.717, 1.165) is 11.1 Å². The van der Waals surface area contributed by atoms with Crippen molar-refractivity contribution in [2.24, 2.45) is 0 Å². The van der Waals surface area contributed by atoms with Crippen LogP contribution in [0.3, 0.4) is 0 Å². The maximum atomic E-state index is 11.3. The molecule has 1 aromatic carbocycles. The Kier molecular flexibility index (Phi) is 5.43. The van der Waals surface area contributed by atoms with E-state index in [4.69, 9.17) is 21.1 Å². The average molecular weight is 403 g/mol. The lowest BCUT2D eigenvalue weighted by atomic mass is 10.0. The van der Waals surface area contributed by atoms with E-state index in [0.29, 0.717) is 36.2 Å². The first kappa shape index (κ1) is 18.7. The highest BCUT2D eigenvalue weighted by molar-refractivity contribution is 6.31. The fourth-order valence-corrected chi connectivity index (χ4v) is 3.26. The average Bonchev–Trinajstić information content (AvgIpc) is 2.99. The van der Waals surface area contributed by atoms with Crippen LogP contribution in [0.4, 0.5) is 0 Å². The molecule has 9 heteroatoms. The van der Waals surface area contributed by atoms with Gasteiger partial charge in [-0.3, -0.25) is 9.51 Å². The van der Waals surface area contributed by atoms with Crippen LogP contribution in [0.15, 0.2) is 45.8 Å². The van der Waals surface area contributed by atoms with Crippen LogP contribution in [-0.2, 0) is 4.74 Å². The number of benzene rings is 1. The van der Waals surface area contributed by atoms with Gasteiger partial charge in [0.25, 0.3) is 0 Å². The molecule has 1 saturated heterocycles. The van der Waals surface area contributed by atoms with E-state index in [9.17, 15) is 4.79 Å². The van der Waals surface area contributed by atoms with E-state index in [1.54, 1.807) is 18.3 Å². The molecule has 1 aliphatic heterocycles. The molecule has 3 heterocycles. The number of H-pyrrole nitrogens is 1. The Morgan fingerprint density at radius 2 is 2.21 bits per heavy atom. The Bertz CT molecular complexity index is 1020. The SMILES string of the molecule is Cc1ccc(C2OCCNCC2Oc2ncccc2-c2noc(=O)[nH]2)cc1Cl. The van der Waals surface area contributed by atoms with Gasteiger partial charge in [-0.05, 0) is 36.2 Å². The molecule has 0 aliphatic carbocycles. The van der Waals surface area contributed by atoms with E-state index in [1.165, 1.54) is 0 Å². The second-order valence-corrected chi connectivity index (χ2v) is 6.87. The molecule has 2 unspecified atom stereocenters. The molecule has 2 atom stereocenters. The number of nitrogens with zero attached hydrogens (tertiary/aromatic N) is 2. The van der Waals surface area contributed by atoms with E-state index < -0.39 is 5.76 Å². The highest BCUT2D eigenvalue weighted by Gasteiger charge is 2.30. The van der Waals surface area contributed by atoms with Crippen LogP contribution in [-0.4, -0.2) is 40.9 Å². The normalized spacial score (nSPS) is 19.9. The monoisotopic (exact) mass is 402 g/mol. The van der Waals surface area contributed by atoms with Crippen LogP contribution in [0.5, 0.6) is 5.88 Å². The van der Waals surface area contributed by atoms with Crippen molar-refractivity contribution in [3.05, 3.63) is 63.2 Å². The molecule has 3 aromatic rings. The fraction of sp³-hybridized carbons (Fsp3) is 0.316. The first-order chi connectivity index (χ1) is 13.6. The Morgan fingerprint density at radius 3 is 3.00 bits per heavy atom. The van der Waals surface area contributed by atoms with Crippen LogP contribution in [0.1, 0.15) is 17.2 Å². The second kappa shape index (κ2) is 8.14.